The van der Waals surface area contributed by atoms with Crippen LogP contribution in [0.4, 0.5) is 5.82 Å². The molecule has 2 rings (SSSR count). The van der Waals surface area contributed by atoms with Crippen molar-refractivity contribution in [2.45, 2.75) is 39.7 Å². The van der Waals surface area contributed by atoms with E-state index < -0.39 is 0 Å². The molecule has 5 nitrogen and oxygen atoms in total. The summed E-state index contributed by atoms with van der Waals surface area (Å²) in [5.74, 6) is 0.525. The summed E-state index contributed by atoms with van der Waals surface area (Å²) >= 11 is 1.71. The van der Waals surface area contributed by atoms with E-state index in [4.69, 9.17) is 5.73 Å². The van der Waals surface area contributed by atoms with Crippen molar-refractivity contribution in [3.63, 3.8) is 0 Å². The zero-order valence-electron chi connectivity index (χ0n) is 10.2. The van der Waals surface area contributed by atoms with Crippen LogP contribution in [-0.4, -0.2) is 20.0 Å². The van der Waals surface area contributed by atoms with Crippen molar-refractivity contribution in [2.24, 2.45) is 0 Å². The van der Waals surface area contributed by atoms with Gasteiger partial charge in [-0.1, -0.05) is 19.1 Å². The van der Waals surface area contributed by atoms with Crippen LogP contribution in [0.2, 0.25) is 0 Å². The first-order valence-corrected chi connectivity index (χ1v) is 6.73. The zero-order valence-corrected chi connectivity index (χ0v) is 11.0. The molecule has 0 unspecified atom stereocenters. The van der Waals surface area contributed by atoms with Gasteiger partial charge in [0.2, 0.25) is 0 Å². The molecule has 92 valence electrons. The Morgan fingerprint density at radius 3 is 2.94 bits per heavy atom. The van der Waals surface area contributed by atoms with Crippen LogP contribution < -0.4 is 5.73 Å². The Bertz CT molecular complexity index is 488. The van der Waals surface area contributed by atoms with Gasteiger partial charge >= 0.3 is 0 Å². The summed E-state index contributed by atoms with van der Waals surface area (Å²) in [7, 11) is 0. The largest absolute Gasteiger partial charge is 0.381 e. The van der Waals surface area contributed by atoms with Crippen molar-refractivity contribution in [1.29, 1.82) is 0 Å². The molecule has 0 saturated carbocycles. The Morgan fingerprint density at radius 1 is 1.41 bits per heavy atom. The highest BCUT2D eigenvalue weighted by atomic mass is 32.1. The van der Waals surface area contributed by atoms with E-state index in [0.717, 1.165) is 30.7 Å². The number of nitrogens with zero attached hydrogens (tertiary/aromatic N) is 4. The van der Waals surface area contributed by atoms with Gasteiger partial charge in [0, 0.05) is 5.38 Å². The van der Waals surface area contributed by atoms with Crippen molar-refractivity contribution in [3.05, 3.63) is 21.8 Å². The van der Waals surface area contributed by atoms with E-state index in [9.17, 15) is 0 Å². The Hall–Kier alpha value is -1.43. The Morgan fingerprint density at radius 2 is 2.24 bits per heavy atom. The average molecular weight is 251 g/mol. The maximum atomic E-state index is 5.75. The topological polar surface area (TPSA) is 69.6 Å². The molecule has 0 saturated heterocycles. The molecule has 0 radical (unpaired) electrons. The third-order valence-corrected chi connectivity index (χ3v) is 3.53. The summed E-state index contributed by atoms with van der Waals surface area (Å²) in [6, 6.07) is 0. The van der Waals surface area contributed by atoms with Gasteiger partial charge in [-0.2, -0.15) is 0 Å². The molecule has 0 aromatic carbocycles. The van der Waals surface area contributed by atoms with Gasteiger partial charge < -0.3 is 5.73 Å². The highest BCUT2D eigenvalue weighted by molar-refractivity contribution is 7.09. The standard InChI is InChI=1S/C11H17N5S/c1-3-5-10-13-8(7-17-10)6-16-9(4-2)11(12)14-15-16/h7H,3-6,12H2,1-2H3. The van der Waals surface area contributed by atoms with E-state index in [0.29, 0.717) is 12.4 Å². The molecule has 6 heteroatoms. The third kappa shape index (κ3) is 2.63. The van der Waals surface area contributed by atoms with Gasteiger partial charge in [-0.15, -0.1) is 16.4 Å². The number of hydrogen-bond acceptors (Lipinski definition) is 5. The second-order valence-electron chi connectivity index (χ2n) is 3.92. The fourth-order valence-electron chi connectivity index (χ4n) is 1.74. The van der Waals surface area contributed by atoms with Gasteiger partial charge in [0.05, 0.1) is 22.9 Å². The first-order valence-electron chi connectivity index (χ1n) is 5.85. The molecule has 2 aromatic heterocycles. The van der Waals surface area contributed by atoms with Crippen LogP contribution >= 0.6 is 11.3 Å². The van der Waals surface area contributed by atoms with Gasteiger partial charge in [0.15, 0.2) is 5.82 Å². The lowest BCUT2D eigenvalue weighted by atomic mass is 10.3. The summed E-state index contributed by atoms with van der Waals surface area (Å²) in [6.45, 7) is 4.87. The number of thiazole rings is 1. The first-order chi connectivity index (χ1) is 8.24. The van der Waals surface area contributed by atoms with Gasteiger partial charge in [-0.3, -0.25) is 0 Å². The fourth-order valence-corrected chi connectivity index (χ4v) is 2.63. The minimum Gasteiger partial charge on any atom is -0.381 e. The van der Waals surface area contributed by atoms with E-state index in [1.54, 1.807) is 11.3 Å². The quantitative estimate of drug-likeness (QED) is 0.881. The minimum atomic E-state index is 0.525. The van der Waals surface area contributed by atoms with Crippen LogP contribution in [0.15, 0.2) is 5.38 Å². The number of nitrogens with two attached hydrogens (primary N) is 1. The molecule has 0 aliphatic heterocycles. The molecule has 0 amide bonds. The number of aromatic nitrogens is 4. The SMILES string of the molecule is CCCc1nc(Cn2nnc(N)c2CC)cs1. The van der Waals surface area contributed by atoms with Crippen LogP contribution in [0.25, 0.3) is 0 Å². The highest BCUT2D eigenvalue weighted by Crippen LogP contribution is 2.15. The third-order valence-electron chi connectivity index (χ3n) is 2.58. The molecule has 17 heavy (non-hydrogen) atoms. The van der Waals surface area contributed by atoms with Crippen molar-refractivity contribution in [3.8, 4) is 0 Å². The van der Waals surface area contributed by atoms with Gasteiger partial charge in [0.25, 0.3) is 0 Å². The first kappa shape index (κ1) is 12.0. The van der Waals surface area contributed by atoms with Gasteiger partial charge in [0.1, 0.15) is 0 Å². The molecule has 0 spiro atoms. The molecule has 0 bridgehead atoms. The van der Waals surface area contributed by atoms with E-state index in [-0.39, 0.29) is 0 Å². The van der Waals surface area contributed by atoms with Crippen LogP contribution in [0.1, 0.15) is 36.7 Å². The normalized spacial score (nSPS) is 10.9. The highest BCUT2D eigenvalue weighted by Gasteiger charge is 2.10. The van der Waals surface area contributed by atoms with Crippen LogP contribution in [-0.2, 0) is 19.4 Å². The van der Waals surface area contributed by atoms with Gasteiger partial charge in [-0.25, -0.2) is 9.67 Å². The van der Waals surface area contributed by atoms with E-state index >= 15 is 0 Å². The monoisotopic (exact) mass is 251 g/mol. The summed E-state index contributed by atoms with van der Waals surface area (Å²) in [4.78, 5) is 4.57. The van der Waals surface area contributed by atoms with E-state index in [1.807, 2.05) is 4.68 Å². The van der Waals surface area contributed by atoms with Crippen molar-refractivity contribution < 1.29 is 0 Å². The van der Waals surface area contributed by atoms with E-state index in [2.05, 4.69) is 34.5 Å². The number of nitrogen functional groups attached to an aromatic ring is 1. The summed E-state index contributed by atoms with van der Waals surface area (Å²) in [5, 5.41) is 11.2. The smallest absolute Gasteiger partial charge is 0.169 e. The summed E-state index contributed by atoms with van der Waals surface area (Å²) in [6.07, 6.45) is 3.01. The number of aryl methyl sites for hydroxylation is 1. The lowest BCUT2D eigenvalue weighted by Crippen LogP contribution is -2.07. The van der Waals surface area contributed by atoms with Gasteiger partial charge in [-0.05, 0) is 19.3 Å². The fraction of sp³-hybridized carbons (Fsp3) is 0.545. The minimum absolute atomic E-state index is 0.525. The maximum Gasteiger partial charge on any atom is 0.169 e. The van der Waals surface area contributed by atoms with Crippen molar-refractivity contribution >= 4 is 17.2 Å². The summed E-state index contributed by atoms with van der Waals surface area (Å²) < 4.78 is 1.83. The number of anilines is 1. The predicted octanol–water partition coefficient (Wildman–Crippen LogP) is 1.88. The molecule has 0 atom stereocenters. The molecule has 2 aromatic rings. The van der Waals surface area contributed by atoms with Crippen molar-refractivity contribution in [2.75, 3.05) is 5.73 Å². The second-order valence-corrected chi connectivity index (χ2v) is 4.86. The predicted molar refractivity (Wildman–Crippen MR) is 69.0 cm³/mol. The lowest BCUT2D eigenvalue weighted by molar-refractivity contribution is 0.613. The maximum absolute atomic E-state index is 5.75. The zero-order chi connectivity index (χ0) is 12.3. The second kappa shape index (κ2) is 5.27. The lowest BCUT2D eigenvalue weighted by Gasteiger charge is -2.02. The molecule has 0 aliphatic rings. The van der Waals surface area contributed by atoms with Crippen LogP contribution in [0.5, 0.6) is 0 Å². The number of hydrogen-bond donors (Lipinski definition) is 1. The number of rotatable bonds is 5. The Kier molecular flexibility index (Phi) is 3.73. The molecule has 2 N–H and O–H groups in total. The molecule has 2 heterocycles. The summed E-state index contributed by atoms with van der Waals surface area (Å²) in [5.41, 5.74) is 7.77. The molecule has 0 fully saturated rings. The van der Waals surface area contributed by atoms with E-state index in [1.165, 1.54) is 5.01 Å². The molecular formula is C11H17N5S. The molecular weight excluding hydrogens is 234 g/mol. The van der Waals surface area contributed by atoms with Crippen LogP contribution in [0.3, 0.4) is 0 Å². The Labute approximate surface area is 105 Å². The average Bonchev–Trinajstić information content (AvgIpc) is 2.88. The Balaban J connectivity index is 2.13. The molecule has 0 aliphatic carbocycles. The van der Waals surface area contributed by atoms with Crippen molar-refractivity contribution in [1.82, 2.24) is 20.0 Å². The van der Waals surface area contributed by atoms with Crippen LogP contribution in [0, 0.1) is 0 Å².